The maximum atomic E-state index is 5.27. The zero-order valence-electron chi connectivity index (χ0n) is 8.22. The summed E-state index contributed by atoms with van der Waals surface area (Å²) in [5.41, 5.74) is 3.69. The van der Waals surface area contributed by atoms with Gasteiger partial charge in [0.15, 0.2) is 0 Å². The highest BCUT2D eigenvalue weighted by Crippen LogP contribution is 2.06. The van der Waals surface area contributed by atoms with Gasteiger partial charge in [-0.2, -0.15) is 0 Å². The Bertz CT molecular complexity index is 428. The molecular weight excluding hydrogens is 188 g/mol. The van der Waals surface area contributed by atoms with Crippen molar-refractivity contribution in [3.63, 3.8) is 0 Å². The molecule has 4 nitrogen and oxygen atoms in total. The standard InChI is InChI=1S/C11H12N4/c12-15-10-6-7-13-11(14-10)8-9-4-2-1-3-5-9/h1-7H,8,12H2,(H,13,14,15). The molecular formula is C11H12N4. The molecule has 0 radical (unpaired) electrons. The van der Waals surface area contributed by atoms with Crippen LogP contribution in [-0.4, -0.2) is 9.97 Å². The largest absolute Gasteiger partial charge is 0.308 e. The average Bonchev–Trinajstić information content (AvgIpc) is 2.31. The average molecular weight is 200 g/mol. The molecule has 0 saturated heterocycles. The van der Waals surface area contributed by atoms with E-state index >= 15 is 0 Å². The summed E-state index contributed by atoms with van der Waals surface area (Å²) in [6, 6.07) is 11.8. The number of benzene rings is 1. The molecule has 1 aromatic heterocycles. The summed E-state index contributed by atoms with van der Waals surface area (Å²) in [6.07, 6.45) is 2.41. The third-order valence-electron chi connectivity index (χ3n) is 2.06. The van der Waals surface area contributed by atoms with Crippen LogP contribution in [-0.2, 0) is 6.42 Å². The molecule has 2 aromatic rings. The molecule has 1 heterocycles. The topological polar surface area (TPSA) is 63.8 Å². The Balaban J connectivity index is 2.17. The summed E-state index contributed by atoms with van der Waals surface area (Å²) < 4.78 is 0. The molecule has 76 valence electrons. The molecule has 0 aliphatic rings. The van der Waals surface area contributed by atoms with Crippen LogP contribution in [0.1, 0.15) is 11.4 Å². The van der Waals surface area contributed by atoms with E-state index < -0.39 is 0 Å². The predicted octanol–water partition coefficient (Wildman–Crippen LogP) is 1.35. The van der Waals surface area contributed by atoms with Gasteiger partial charge in [-0.15, -0.1) is 0 Å². The number of rotatable bonds is 3. The lowest BCUT2D eigenvalue weighted by molar-refractivity contribution is 0.965. The summed E-state index contributed by atoms with van der Waals surface area (Å²) in [6.45, 7) is 0. The minimum Gasteiger partial charge on any atom is -0.308 e. The van der Waals surface area contributed by atoms with Crippen LogP contribution in [0.15, 0.2) is 42.6 Å². The molecule has 0 aliphatic heterocycles. The van der Waals surface area contributed by atoms with Crippen molar-refractivity contribution in [3.8, 4) is 0 Å². The lowest BCUT2D eigenvalue weighted by atomic mass is 10.1. The highest BCUT2D eigenvalue weighted by molar-refractivity contribution is 5.31. The first kappa shape index (κ1) is 9.61. The van der Waals surface area contributed by atoms with Crippen LogP contribution in [0.25, 0.3) is 0 Å². The normalized spacial score (nSPS) is 9.93. The molecule has 0 unspecified atom stereocenters. The SMILES string of the molecule is NNc1ccnc(Cc2ccccc2)n1. The molecule has 3 N–H and O–H groups in total. The molecule has 0 fully saturated rings. The van der Waals surface area contributed by atoms with E-state index in [2.05, 4.69) is 15.4 Å². The van der Waals surface area contributed by atoms with Crippen molar-refractivity contribution in [1.29, 1.82) is 0 Å². The Morgan fingerprint density at radius 3 is 2.67 bits per heavy atom. The monoisotopic (exact) mass is 200 g/mol. The van der Waals surface area contributed by atoms with Crippen LogP contribution < -0.4 is 11.3 Å². The molecule has 2 rings (SSSR count). The molecule has 0 spiro atoms. The highest BCUT2D eigenvalue weighted by atomic mass is 15.3. The van der Waals surface area contributed by atoms with Gasteiger partial charge in [-0.05, 0) is 5.56 Å². The van der Waals surface area contributed by atoms with E-state index in [1.165, 1.54) is 5.56 Å². The van der Waals surface area contributed by atoms with Crippen LogP contribution in [0.2, 0.25) is 0 Å². The van der Waals surface area contributed by atoms with Crippen LogP contribution >= 0.6 is 0 Å². The van der Waals surface area contributed by atoms with E-state index in [1.54, 1.807) is 12.3 Å². The molecule has 0 aliphatic carbocycles. The molecule has 0 atom stereocenters. The van der Waals surface area contributed by atoms with Crippen molar-refractivity contribution >= 4 is 5.82 Å². The van der Waals surface area contributed by atoms with Crippen molar-refractivity contribution in [2.24, 2.45) is 5.84 Å². The Morgan fingerprint density at radius 2 is 1.93 bits per heavy atom. The molecule has 0 bridgehead atoms. The van der Waals surface area contributed by atoms with E-state index in [0.717, 1.165) is 12.2 Å². The maximum absolute atomic E-state index is 5.27. The smallest absolute Gasteiger partial charge is 0.143 e. The van der Waals surface area contributed by atoms with E-state index in [9.17, 15) is 0 Å². The van der Waals surface area contributed by atoms with Gasteiger partial charge in [0, 0.05) is 18.7 Å². The fourth-order valence-corrected chi connectivity index (χ4v) is 1.34. The summed E-state index contributed by atoms with van der Waals surface area (Å²) in [5, 5.41) is 0. The fourth-order valence-electron chi connectivity index (χ4n) is 1.34. The minimum atomic E-state index is 0.635. The van der Waals surface area contributed by atoms with Gasteiger partial charge in [0.25, 0.3) is 0 Å². The second-order valence-corrected chi connectivity index (χ2v) is 3.16. The molecule has 0 amide bonds. The van der Waals surface area contributed by atoms with Gasteiger partial charge in [0.1, 0.15) is 11.6 Å². The molecule has 1 aromatic carbocycles. The van der Waals surface area contributed by atoms with Gasteiger partial charge in [0.2, 0.25) is 0 Å². The lowest BCUT2D eigenvalue weighted by Gasteiger charge is -2.02. The third kappa shape index (κ3) is 2.51. The summed E-state index contributed by atoms with van der Waals surface area (Å²) in [4.78, 5) is 8.42. The van der Waals surface area contributed by atoms with Gasteiger partial charge in [-0.25, -0.2) is 15.8 Å². The Morgan fingerprint density at radius 1 is 1.13 bits per heavy atom. The maximum Gasteiger partial charge on any atom is 0.143 e. The third-order valence-corrected chi connectivity index (χ3v) is 2.06. The number of hydrazine groups is 1. The van der Waals surface area contributed by atoms with E-state index in [0.29, 0.717) is 5.82 Å². The fraction of sp³-hybridized carbons (Fsp3) is 0.0909. The van der Waals surface area contributed by atoms with Crippen molar-refractivity contribution in [1.82, 2.24) is 9.97 Å². The second-order valence-electron chi connectivity index (χ2n) is 3.16. The number of hydrogen-bond donors (Lipinski definition) is 2. The van der Waals surface area contributed by atoms with Gasteiger partial charge >= 0.3 is 0 Å². The molecule has 0 saturated carbocycles. The predicted molar refractivity (Wildman–Crippen MR) is 59.1 cm³/mol. The minimum absolute atomic E-state index is 0.635. The number of nitrogen functional groups attached to an aromatic ring is 1. The summed E-state index contributed by atoms with van der Waals surface area (Å²) in [5.74, 6) is 6.67. The van der Waals surface area contributed by atoms with E-state index in [-0.39, 0.29) is 0 Å². The van der Waals surface area contributed by atoms with Gasteiger partial charge in [0.05, 0.1) is 0 Å². The summed E-state index contributed by atoms with van der Waals surface area (Å²) in [7, 11) is 0. The Kier molecular flexibility index (Phi) is 2.90. The number of hydrogen-bond acceptors (Lipinski definition) is 4. The van der Waals surface area contributed by atoms with Crippen molar-refractivity contribution < 1.29 is 0 Å². The van der Waals surface area contributed by atoms with Crippen LogP contribution in [0.5, 0.6) is 0 Å². The quantitative estimate of drug-likeness (QED) is 0.580. The van der Waals surface area contributed by atoms with Gasteiger partial charge in [-0.1, -0.05) is 30.3 Å². The first-order valence-electron chi connectivity index (χ1n) is 4.71. The van der Waals surface area contributed by atoms with Crippen LogP contribution in [0.4, 0.5) is 5.82 Å². The zero-order valence-corrected chi connectivity index (χ0v) is 8.22. The Labute approximate surface area is 88.2 Å². The zero-order chi connectivity index (χ0) is 10.5. The van der Waals surface area contributed by atoms with Crippen molar-refractivity contribution in [2.45, 2.75) is 6.42 Å². The first-order valence-corrected chi connectivity index (χ1v) is 4.71. The van der Waals surface area contributed by atoms with Gasteiger partial charge in [-0.3, -0.25) is 0 Å². The lowest BCUT2D eigenvalue weighted by Crippen LogP contribution is -2.10. The van der Waals surface area contributed by atoms with E-state index in [4.69, 9.17) is 5.84 Å². The van der Waals surface area contributed by atoms with Crippen molar-refractivity contribution in [2.75, 3.05) is 5.43 Å². The van der Waals surface area contributed by atoms with Crippen LogP contribution in [0, 0.1) is 0 Å². The molecule has 4 heteroatoms. The number of nitrogens with one attached hydrogen (secondary N) is 1. The molecule has 15 heavy (non-hydrogen) atoms. The van der Waals surface area contributed by atoms with E-state index in [1.807, 2.05) is 30.3 Å². The number of nitrogens with two attached hydrogens (primary N) is 1. The first-order chi connectivity index (χ1) is 7.38. The van der Waals surface area contributed by atoms with Crippen molar-refractivity contribution in [3.05, 3.63) is 54.0 Å². The number of anilines is 1. The van der Waals surface area contributed by atoms with Crippen LogP contribution in [0.3, 0.4) is 0 Å². The number of aromatic nitrogens is 2. The summed E-state index contributed by atoms with van der Waals surface area (Å²) >= 11 is 0. The highest BCUT2D eigenvalue weighted by Gasteiger charge is 1.99. The van der Waals surface area contributed by atoms with Gasteiger partial charge < -0.3 is 5.43 Å². The second kappa shape index (κ2) is 4.52. The Hall–Kier alpha value is -1.94. The number of nitrogens with zero attached hydrogens (tertiary/aromatic N) is 2.